The molecule has 114 valence electrons. The summed E-state index contributed by atoms with van der Waals surface area (Å²) in [6.45, 7) is 0.0772. The number of benzene rings is 1. The van der Waals surface area contributed by atoms with E-state index in [0.29, 0.717) is 6.42 Å². The molecule has 1 unspecified atom stereocenters. The molecule has 0 aromatic heterocycles. The summed E-state index contributed by atoms with van der Waals surface area (Å²) < 4.78 is 27.4. The molecule has 2 rings (SSSR count). The molecule has 0 radical (unpaired) electrons. The van der Waals surface area contributed by atoms with E-state index in [1.54, 1.807) is 0 Å². The van der Waals surface area contributed by atoms with Crippen LogP contribution < -0.4 is 5.32 Å². The van der Waals surface area contributed by atoms with Crippen molar-refractivity contribution in [2.75, 3.05) is 24.7 Å². The van der Waals surface area contributed by atoms with Crippen LogP contribution in [0, 0.1) is 10.1 Å². The smallest absolute Gasteiger partial charge is 0.337 e. The third-order valence-electron chi connectivity index (χ3n) is 3.37. The Morgan fingerprint density at radius 1 is 1.52 bits per heavy atom. The standard InChI is InChI=1S/C12H14N2O6S/c1-20-12(15)8-2-3-11(14(16)17)10(6-8)13-7-9-4-5-21(9,18)19/h2-3,6,9,13H,4-5,7H2,1H3. The zero-order valence-electron chi connectivity index (χ0n) is 11.2. The second kappa shape index (κ2) is 5.68. The molecule has 0 aliphatic carbocycles. The number of esters is 1. The lowest BCUT2D eigenvalue weighted by Crippen LogP contribution is -2.41. The molecule has 1 aliphatic rings. The Morgan fingerprint density at radius 3 is 2.71 bits per heavy atom. The van der Waals surface area contributed by atoms with Crippen molar-refractivity contribution in [1.29, 1.82) is 0 Å². The van der Waals surface area contributed by atoms with Gasteiger partial charge in [0.2, 0.25) is 0 Å². The summed E-state index contributed by atoms with van der Waals surface area (Å²) in [6, 6.07) is 3.76. The number of sulfone groups is 1. The molecule has 1 heterocycles. The average molecular weight is 314 g/mol. The number of nitrogens with zero attached hydrogens (tertiary/aromatic N) is 1. The van der Waals surface area contributed by atoms with Gasteiger partial charge in [-0.1, -0.05) is 0 Å². The maximum Gasteiger partial charge on any atom is 0.337 e. The fourth-order valence-electron chi connectivity index (χ4n) is 2.01. The van der Waals surface area contributed by atoms with E-state index in [2.05, 4.69) is 10.1 Å². The zero-order valence-corrected chi connectivity index (χ0v) is 12.1. The second-order valence-electron chi connectivity index (χ2n) is 4.64. The molecule has 1 saturated heterocycles. The molecule has 1 atom stereocenters. The summed E-state index contributed by atoms with van der Waals surface area (Å²) in [6.07, 6.45) is 0.528. The van der Waals surface area contributed by atoms with Gasteiger partial charge in [0, 0.05) is 12.6 Å². The number of anilines is 1. The van der Waals surface area contributed by atoms with Crippen LogP contribution in [-0.2, 0) is 14.6 Å². The summed E-state index contributed by atoms with van der Waals surface area (Å²) in [7, 11) is -1.87. The Balaban J connectivity index is 2.22. The third-order valence-corrected chi connectivity index (χ3v) is 5.59. The first-order valence-corrected chi connectivity index (χ1v) is 7.89. The number of carbonyl (C=O) groups is 1. The summed E-state index contributed by atoms with van der Waals surface area (Å²) in [4.78, 5) is 21.8. The van der Waals surface area contributed by atoms with Gasteiger partial charge in [-0.25, -0.2) is 13.2 Å². The highest BCUT2D eigenvalue weighted by Gasteiger charge is 2.35. The van der Waals surface area contributed by atoms with Crippen LogP contribution in [-0.4, -0.2) is 44.0 Å². The second-order valence-corrected chi connectivity index (χ2v) is 7.04. The van der Waals surface area contributed by atoms with Gasteiger partial charge in [0.1, 0.15) is 5.69 Å². The fourth-order valence-corrected chi connectivity index (χ4v) is 3.30. The van der Waals surface area contributed by atoms with E-state index in [1.807, 2.05) is 0 Å². The number of nitro benzene ring substituents is 1. The minimum absolute atomic E-state index is 0.0772. The third kappa shape index (κ3) is 3.13. The largest absolute Gasteiger partial charge is 0.465 e. The van der Waals surface area contributed by atoms with Crippen LogP contribution in [0.3, 0.4) is 0 Å². The SMILES string of the molecule is COC(=O)c1ccc([N+](=O)[O-])c(NCC2CCS2(=O)=O)c1. The van der Waals surface area contributed by atoms with Crippen molar-refractivity contribution in [2.24, 2.45) is 0 Å². The summed E-state index contributed by atoms with van der Waals surface area (Å²) in [5, 5.41) is 13.2. The van der Waals surface area contributed by atoms with E-state index in [4.69, 9.17) is 0 Å². The molecule has 0 spiro atoms. The maximum absolute atomic E-state index is 11.4. The molecule has 0 bridgehead atoms. The van der Waals surface area contributed by atoms with Crippen LogP contribution in [0.2, 0.25) is 0 Å². The van der Waals surface area contributed by atoms with E-state index in [9.17, 15) is 23.3 Å². The predicted molar refractivity (Wildman–Crippen MR) is 75.1 cm³/mol. The van der Waals surface area contributed by atoms with Gasteiger partial charge in [-0.15, -0.1) is 0 Å². The van der Waals surface area contributed by atoms with Crippen molar-refractivity contribution >= 4 is 27.2 Å². The molecule has 1 aliphatic heterocycles. The first kappa shape index (κ1) is 15.2. The van der Waals surface area contributed by atoms with Gasteiger partial charge in [-0.3, -0.25) is 10.1 Å². The highest BCUT2D eigenvalue weighted by molar-refractivity contribution is 7.93. The first-order chi connectivity index (χ1) is 9.85. The highest BCUT2D eigenvalue weighted by atomic mass is 32.2. The highest BCUT2D eigenvalue weighted by Crippen LogP contribution is 2.27. The Hall–Kier alpha value is -2.16. The van der Waals surface area contributed by atoms with Gasteiger partial charge in [0.05, 0.1) is 28.6 Å². The molecule has 1 aromatic rings. The van der Waals surface area contributed by atoms with E-state index in [0.717, 1.165) is 0 Å². The van der Waals surface area contributed by atoms with E-state index >= 15 is 0 Å². The summed E-state index contributed by atoms with van der Waals surface area (Å²) >= 11 is 0. The maximum atomic E-state index is 11.4. The van der Waals surface area contributed by atoms with Crippen molar-refractivity contribution in [3.05, 3.63) is 33.9 Å². The Morgan fingerprint density at radius 2 is 2.24 bits per heavy atom. The van der Waals surface area contributed by atoms with Gasteiger partial charge in [0.15, 0.2) is 9.84 Å². The monoisotopic (exact) mass is 314 g/mol. The number of nitrogens with one attached hydrogen (secondary N) is 1. The Kier molecular flexibility index (Phi) is 4.12. The first-order valence-electron chi connectivity index (χ1n) is 6.17. The number of methoxy groups -OCH3 is 1. The number of nitro groups is 1. The van der Waals surface area contributed by atoms with Crippen molar-refractivity contribution in [3.8, 4) is 0 Å². The quantitative estimate of drug-likeness (QED) is 0.489. The molecule has 9 heteroatoms. The van der Waals surface area contributed by atoms with Crippen molar-refractivity contribution in [3.63, 3.8) is 0 Å². The molecular weight excluding hydrogens is 300 g/mol. The molecule has 8 nitrogen and oxygen atoms in total. The van der Waals surface area contributed by atoms with Crippen molar-refractivity contribution in [2.45, 2.75) is 11.7 Å². The number of ether oxygens (including phenoxy) is 1. The number of carbonyl (C=O) groups excluding carboxylic acids is 1. The Labute approximate surface area is 121 Å². The van der Waals surface area contributed by atoms with Crippen LogP contribution in [0.1, 0.15) is 16.8 Å². The van der Waals surface area contributed by atoms with Gasteiger partial charge in [-0.2, -0.15) is 0 Å². The van der Waals surface area contributed by atoms with Crippen LogP contribution in [0.5, 0.6) is 0 Å². The van der Waals surface area contributed by atoms with E-state index < -0.39 is 26.0 Å². The summed E-state index contributed by atoms with van der Waals surface area (Å²) in [5.41, 5.74) is 0.0337. The van der Waals surface area contributed by atoms with Crippen LogP contribution in [0.15, 0.2) is 18.2 Å². The lowest BCUT2D eigenvalue weighted by atomic mass is 10.1. The molecule has 21 heavy (non-hydrogen) atoms. The lowest BCUT2D eigenvalue weighted by molar-refractivity contribution is -0.384. The fraction of sp³-hybridized carbons (Fsp3) is 0.417. The topological polar surface area (TPSA) is 116 Å². The lowest BCUT2D eigenvalue weighted by Gasteiger charge is -2.26. The van der Waals surface area contributed by atoms with Crippen LogP contribution >= 0.6 is 0 Å². The van der Waals surface area contributed by atoms with E-state index in [1.165, 1.54) is 25.3 Å². The van der Waals surface area contributed by atoms with Crippen molar-refractivity contribution in [1.82, 2.24) is 0 Å². The van der Waals surface area contributed by atoms with Gasteiger partial charge in [-0.05, 0) is 18.6 Å². The molecule has 1 aromatic carbocycles. The molecular formula is C12H14N2O6S. The van der Waals surface area contributed by atoms with Gasteiger partial charge in [0.25, 0.3) is 5.69 Å². The average Bonchev–Trinajstić information content (AvgIpc) is 2.45. The van der Waals surface area contributed by atoms with Crippen LogP contribution in [0.4, 0.5) is 11.4 Å². The normalized spacial score (nSPS) is 19.4. The summed E-state index contributed by atoms with van der Waals surface area (Å²) in [5.74, 6) is -0.479. The predicted octanol–water partition coefficient (Wildman–Crippen LogP) is 0.980. The van der Waals surface area contributed by atoms with Crippen LogP contribution in [0.25, 0.3) is 0 Å². The van der Waals surface area contributed by atoms with E-state index in [-0.39, 0.29) is 29.2 Å². The number of hydrogen-bond acceptors (Lipinski definition) is 7. The van der Waals surface area contributed by atoms with Gasteiger partial charge < -0.3 is 10.1 Å². The number of rotatable bonds is 5. The minimum Gasteiger partial charge on any atom is -0.465 e. The molecule has 0 saturated carbocycles. The minimum atomic E-state index is -3.08. The van der Waals surface area contributed by atoms with Gasteiger partial charge >= 0.3 is 5.97 Å². The van der Waals surface area contributed by atoms with Crippen molar-refractivity contribution < 1.29 is 22.9 Å². The molecule has 1 fully saturated rings. The molecule has 0 amide bonds. The zero-order chi connectivity index (χ0) is 15.6. The number of hydrogen-bond donors (Lipinski definition) is 1. The molecule has 1 N–H and O–H groups in total. The Bertz CT molecular complexity index is 685.